The maximum Gasteiger partial charge on any atom is 0.317 e. The third-order valence-corrected chi connectivity index (χ3v) is 9.73. The monoisotopic (exact) mass is 865 g/mol. The molecule has 0 aromatic rings. The van der Waals surface area contributed by atoms with Crippen LogP contribution in [0.15, 0.2) is 23.2 Å². The minimum absolute atomic E-state index is 0.00546. The molecular formula is C34H51N5O21. The normalized spacial score (nSPS) is 30.7. The SMILES string of the molecule is O=C(O)CN(CCN(CC(=O)O)CC(=O)O)CC(=O)O.O=C1C=C(N2CC2)C(=O)C(N2CC2)=C1N1CC1.OC[C@H]1O[C@@](CO)(O[C@H]2O[C@H](CO)[C@@H](O)[C@H](O)[C@H]2O)[C@@H](O)[C@@H]1O. The summed E-state index contributed by atoms with van der Waals surface area (Å²) in [4.78, 5) is 74.8. The highest BCUT2D eigenvalue weighted by atomic mass is 16.8. The summed E-state index contributed by atoms with van der Waals surface area (Å²) < 4.78 is 15.4. The van der Waals surface area contributed by atoms with Crippen molar-refractivity contribution in [2.75, 3.05) is 98.4 Å². The van der Waals surface area contributed by atoms with Gasteiger partial charge in [0, 0.05) is 58.4 Å². The van der Waals surface area contributed by atoms with Gasteiger partial charge >= 0.3 is 23.9 Å². The Kier molecular flexibility index (Phi) is 16.8. The maximum atomic E-state index is 12.4. The van der Waals surface area contributed by atoms with Gasteiger partial charge in [-0.15, -0.1) is 0 Å². The van der Waals surface area contributed by atoms with Crippen molar-refractivity contribution >= 4 is 35.4 Å². The summed E-state index contributed by atoms with van der Waals surface area (Å²) in [6, 6.07) is 0. The zero-order valence-electron chi connectivity index (χ0n) is 32.1. The lowest BCUT2D eigenvalue weighted by atomic mass is 9.99. The molecule has 0 spiro atoms. The summed E-state index contributed by atoms with van der Waals surface area (Å²) in [5, 5.41) is 111. The van der Waals surface area contributed by atoms with E-state index in [1.807, 2.05) is 14.7 Å². The molecule has 5 fully saturated rings. The van der Waals surface area contributed by atoms with E-state index in [-0.39, 0.29) is 24.7 Å². The van der Waals surface area contributed by atoms with Gasteiger partial charge in [0.2, 0.25) is 17.4 Å². The van der Waals surface area contributed by atoms with Crippen molar-refractivity contribution in [3.63, 3.8) is 0 Å². The molecule has 0 radical (unpaired) electrons. The average molecular weight is 866 g/mol. The quantitative estimate of drug-likeness (QED) is 0.0424. The van der Waals surface area contributed by atoms with Crippen LogP contribution >= 0.6 is 0 Å². The Balaban J connectivity index is 0.000000200. The van der Waals surface area contributed by atoms with Crippen LogP contribution in [0.25, 0.3) is 0 Å². The van der Waals surface area contributed by atoms with Gasteiger partial charge in [0.15, 0.2) is 6.29 Å². The van der Waals surface area contributed by atoms with Crippen molar-refractivity contribution in [3.05, 3.63) is 23.2 Å². The number of nitrogens with zero attached hydrogens (tertiary/aromatic N) is 5. The van der Waals surface area contributed by atoms with E-state index in [2.05, 4.69) is 0 Å². The van der Waals surface area contributed by atoms with Crippen LogP contribution in [0, 0.1) is 0 Å². The molecule has 0 bridgehead atoms. The predicted molar refractivity (Wildman–Crippen MR) is 192 cm³/mol. The molecule has 1 aliphatic carbocycles. The molecule has 0 aromatic carbocycles. The summed E-state index contributed by atoms with van der Waals surface area (Å²) in [7, 11) is 0. The predicted octanol–water partition coefficient (Wildman–Crippen LogP) is -8.29. The number of aliphatic hydroxyl groups excluding tert-OH is 8. The first-order valence-corrected chi connectivity index (χ1v) is 18.6. The second-order valence-corrected chi connectivity index (χ2v) is 14.4. The van der Waals surface area contributed by atoms with Crippen molar-refractivity contribution in [3.8, 4) is 0 Å². The summed E-state index contributed by atoms with van der Waals surface area (Å²) in [5.41, 5.74) is 1.89. The standard InChI is InChI=1S/C12H13N3O2.C12H22O11.C10H16N2O8/c16-9-7-8(13-1-2-13)12(17)11(15-5-6-15)10(9)14-3-4-14;13-1-4-6(16)8(18)9(19)11(21-4)23-12(3-15)10(20)7(17)5(2-14)22-12;13-7(14)3-11(4-8(15)16)1-2-12(5-9(17)18)6-10(19)20/h7H,1-6H2;4-11,13-20H,1-3H2;1-6H2,(H,13,14)(H,15,16)(H,17,18)(H,19,20)/t;4-,5-,6-,7-,8+,9-,10+,11-,12+;/m.1./s1. The number of carboxylic acids is 4. The zero-order valence-corrected chi connectivity index (χ0v) is 32.1. The first kappa shape index (κ1) is 48.2. The molecule has 26 nitrogen and oxygen atoms in total. The van der Waals surface area contributed by atoms with Gasteiger partial charge in [0.1, 0.15) is 60.7 Å². The van der Waals surface area contributed by atoms with Crippen LogP contribution in [0.2, 0.25) is 0 Å². The maximum absolute atomic E-state index is 12.4. The Morgan fingerprint density at radius 3 is 1.48 bits per heavy atom. The third-order valence-electron chi connectivity index (χ3n) is 9.73. The number of hydrogen-bond donors (Lipinski definition) is 12. The van der Waals surface area contributed by atoms with Gasteiger partial charge in [-0.2, -0.15) is 0 Å². The zero-order chi connectivity index (χ0) is 44.6. The van der Waals surface area contributed by atoms with Gasteiger partial charge in [-0.3, -0.25) is 38.6 Å². The highest BCUT2D eigenvalue weighted by Crippen LogP contribution is 2.36. The van der Waals surface area contributed by atoms with Crippen molar-refractivity contribution < 1.29 is 104 Å². The third kappa shape index (κ3) is 12.6. The highest BCUT2D eigenvalue weighted by Gasteiger charge is 2.58. The van der Waals surface area contributed by atoms with Crippen LogP contribution in [0.4, 0.5) is 0 Å². The smallest absolute Gasteiger partial charge is 0.317 e. The molecule has 6 rings (SSSR count). The fraction of sp³-hybridized carbons (Fsp3) is 0.706. The lowest BCUT2D eigenvalue weighted by molar-refractivity contribution is -0.383. The van der Waals surface area contributed by atoms with E-state index < -0.39 is 125 Å². The molecule has 26 heteroatoms. The average Bonchev–Trinajstić information content (AvgIpc) is 4.02. The van der Waals surface area contributed by atoms with E-state index in [0.29, 0.717) is 17.1 Å². The van der Waals surface area contributed by atoms with Crippen molar-refractivity contribution in [1.82, 2.24) is 24.5 Å². The topological polar surface area (TPSA) is 388 Å². The van der Waals surface area contributed by atoms with Gasteiger partial charge in [-0.05, 0) is 0 Å². The van der Waals surface area contributed by atoms with Crippen LogP contribution in [0.3, 0.4) is 0 Å². The van der Waals surface area contributed by atoms with E-state index in [4.69, 9.17) is 44.8 Å². The summed E-state index contributed by atoms with van der Waals surface area (Å²) in [6.07, 6.45) is -11.1. The first-order valence-electron chi connectivity index (χ1n) is 18.6. The lowest BCUT2D eigenvalue weighted by Crippen LogP contribution is -2.62. The molecule has 0 unspecified atom stereocenters. The fourth-order valence-corrected chi connectivity index (χ4v) is 6.38. The molecule has 5 saturated heterocycles. The number of rotatable bonds is 19. The molecule has 5 aliphatic heterocycles. The fourth-order valence-electron chi connectivity index (χ4n) is 6.38. The largest absolute Gasteiger partial charge is 0.480 e. The van der Waals surface area contributed by atoms with Crippen molar-refractivity contribution in [2.45, 2.75) is 54.8 Å². The van der Waals surface area contributed by atoms with Crippen LogP contribution in [-0.4, -0.2) is 274 Å². The first-order chi connectivity index (χ1) is 28.3. The van der Waals surface area contributed by atoms with E-state index in [9.17, 15) is 59.4 Å². The summed E-state index contributed by atoms with van der Waals surface area (Å²) >= 11 is 0. The van der Waals surface area contributed by atoms with Gasteiger partial charge < -0.3 is 90.2 Å². The number of carbonyl (C=O) groups excluding carboxylic acids is 2. The Morgan fingerprint density at radius 2 is 1.10 bits per heavy atom. The van der Waals surface area contributed by atoms with Crippen LogP contribution in [0.1, 0.15) is 0 Å². The lowest BCUT2D eigenvalue weighted by Gasteiger charge is -2.43. The summed E-state index contributed by atoms with van der Waals surface area (Å²) in [5.74, 6) is -7.08. The Hall–Kier alpha value is -4.42. The minimum Gasteiger partial charge on any atom is -0.480 e. The van der Waals surface area contributed by atoms with Crippen LogP contribution in [-0.2, 0) is 43.0 Å². The molecule has 6 aliphatic rings. The summed E-state index contributed by atoms with van der Waals surface area (Å²) in [6.45, 7) is 0.833. The number of Topliss-reactive ketones (excluding diaryl/α,β-unsaturated/α-hetero) is 1. The van der Waals surface area contributed by atoms with Gasteiger partial charge in [-0.1, -0.05) is 0 Å². The molecule has 338 valence electrons. The molecule has 9 atom stereocenters. The number of carboxylic acid groups (broad SMARTS) is 4. The highest BCUT2D eigenvalue weighted by molar-refractivity contribution is 6.22. The van der Waals surface area contributed by atoms with E-state index in [0.717, 1.165) is 49.1 Å². The van der Waals surface area contributed by atoms with Crippen molar-refractivity contribution in [1.29, 1.82) is 0 Å². The Labute approximate surface area is 340 Å². The van der Waals surface area contributed by atoms with Gasteiger partial charge in [0.25, 0.3) is 0 Å². The number of allylic oxidation sites excluding steroid dienone is 1. The number of aliphatic hydroxyl groups is 8. The second kappa shape index (κ2) is 20.9. The molecule has 0 saturated carbocycles. The number of ether oxygens (including phenoxy) is 3. The molecule has 0 amide bonds. The number of hydrogen-bond acceptors (Lipinski definition) is 22. The molecule has 12 N–H and O–H groups in total. The van der Waals surface area contributed by atoms with Gasteiger partial charge in [-0.25, -0.2) is 0 Å². The molecule has 0 aromatic heterocycles. The number of ketones is 2. The van der Waals surface area contributed by atoms with E-state index in [1.54, 1.807) is 0 Å². The second-order valence-electron chi connectivity index (χ2n) is 14.4. The van der Waals surface area contributed by atoms with E-state index in [1.165, 1.54) is 6.08 Å². The molecule has 60 heavy (non-hydrogen) atoms. The molecule has 5 heterocycles. The van der Waals surface area contributed by atoms with Crippen molar-refractivity contribution in [2.24, 2.45) is 0 Å². The number of carbonyl (C=O) groups is 6. The van der Waals surface area contributed by atoms with Crippen LogP contribution in [0.5, 0.6) is 0 Å². The Morgan fingerprint density at radius 1 is 0.650 bits per heavy atom. The molecular weight excluding hydrogens is 814 g/mol. The number of aliphatic carboxylic acids is 4. The Bertz CT molecular complexity index is 1580. The van der Waals surface area contributed by atoms with E-state index >= 15 is 0 Å². The van der Waals surface area contributed by atoms with Gasteiger partial charge in [0.05, 0.1) is 45.1 Å². The van der Waals surface area contributed by atoms with Crippen LogP contribution < -0.4 is 0 Å². The minimum atomic E-state index is -2.22.